The zero-order valence-electron chi connectivity index (χ0n) is 23.5. The molecule has 2 heterocycles. The van der Waals surface area contributed by atoms with Gasteiger partial charge < -0.3 is 18.9 Å². The molecular formula is C32H29BrN2O6S. The molecule has 0 spiro atoms. The van der Waals surface area contributed by atoms with Crippen molar-refractivity contribution in [3.8, 4) is 17.2 Å². The van der Waals surface area contributed by atoms with Crippen LogP contribution in [0.3, 0.4) is 0 Å². The number of para-hydroxylation sites is 1. The Morgan fingerprint density at radius 2 is 1.76 bits per heavy atom. The van der Waals surface area contributed by atoms with Gasteiger partial charge in [-0.1, -0.05) is 63.7 Å². The van der Waals surface area contributed by atoms with Crippen LogP contribution in [-0.4, -0.2) is 31.4 Å². The summed E-state index contributed by atoms with van der Waals surface area (Å²) >= 11 is 4.69. The summed E-state index contributed by atoms with van der Waals surface area (Å²) in [4.78, 5) is 32.2. The van der Waals surface area contributed by atoms with E-state index in [1.807, 2.05) is 60.7 Å². The molecule has 4 aromatic rings. The van der Waals surface area contributed by atoms with Crippen molar-refractivity contribution in [2.24, 2.45) is 4.99 Å². The quantitative estimate of drug-likeness (QED) is 0.233. The van der Waals surface area contributed by atoms with E-state index in [0.29, 0.717) is 50.0 Å². The first-order valence-electron chi connectivity index (χ1n) is 13.2. The maximum absolute atomic E-state index is 13.9. The van der Waals surface area contributed by atoms with E-state index in [1.54, 1.807) is 44.8 Å². The Balaban J connectivity index is 1.56. The van der Waals surface area contributed by atoms with Gasteiger partial charge in [-0.25, -0.2) is 9.79 Å². The second-order valence-electron chi connectivity index (χ2n) is 9.37. The van der Waals surface area contributed by atoms with Gasteiger partial charge >= 0.3 is 5.97 Å². The Bertz CT molecular complexity index is 1840. The topological polar surface area (TPSA) is 88.4 Å². The zero-order chi connectivity index (χ0) is 29.8. The van der Waals surface area contributed by atoms with E-state index in [-0.39, 0.29) is 12.2 Å². The molecule has 0 radical (unpaired) electrons. The highest BCUT2D eigenvalue weighted by Crippen LogP contribution is 2.35. The average molecular weight is 650 g/mol. The predicted molar refractivity (Wildman–Crippen MR) is 165 cm³/mol. The highest BCUT2D eigenvalue weighted by molar-refractivity contribution is 9.10. The van der Waals surface area contributed by atoms with Gasteiger partial charge in [-0.15, -0.1) is 0 Å². The third kappa shape index (κ3) is 5.91. The smallest absolute Gasteiger partial charge is 0.338 e. The summed E-state index contributed by atoms with van der Waals surface area (Å²) < 4.78 is 25.6. The number of fused-ring (bicyclic) bond motifs is 1. The average Bonchev–Trinajstić information content (AvgIpc) is 3.30. The van der Waals surface area contributed by atoms with E-state index >= 15 is 0 Å². The lowest BCUT2D eigenvalue weighted by Gasteiger charge is -2.25. The Hall–Kier alpha value is -4.15. The number of esters is 1. The summed E-state index contributed by atoms with van der Waals surface area (Å²) in [5.41, 5.74) is 2.95. The number of aromatic nitrogens is 1. The van der Waals surface area contributed by atoms with Gasteiger partial charge in [0.1, 0.15) is 18.4 Å². The maximum Gasteiger partial charge on any atom is 0.338 e. The summed E-state index contributed by atoms with van der Waals surface area (Å²) in [5.74, 6) is 1.16. The molecular weight excluding hydrogens is 620 g/mol. The third-order valence-corrected chi connectivity index (χ3v) is 8.26. The number of thiazole rings is 1. The van der Waals surface area contributed by atoms with Crippen LogP contribution in [0.2, 0.25) is 0 Å². The first kappa shape index (κ1) is 29.3. The molecule has 216 valence electrons. The minimum atomic E-state index is -0.762. The van der Waals surface area contributed by atoms with Crippen LogP contribution in [0.5, 0.6) is 17.2 Å². The Labute approximate surface area is 255 Å². The van der Waals surface area contributed by atoms with E-state index in [0.717, 1.165) is 15.6 Å². The number of benzene rings is 3. The lowest BCUT2D eigenvalue weighted by molar-refractivity contribution is -0.139. The molecule has 42 heavy (non-hydrogen) atoms. The lowest BCUT2D eigenvalue weighted by atomic mass is 9.95. The second kappa shape index (κ2) is 12.8. The van der Waals surface area contributed by atoms with Crippen LogP contribution in [0.25, 0.3) is 6.08 Å². The fourth-order valence-corrected chi connectivity index (χ4v) is 6.08. The van der Waals surface area contributed by atoms with Gasteiger partial charge in [-0.3, -0.25) is 9.36 Å². The SMILES string of the molecule is CCOC(=O)C1=C(C)N=c2sc(=Cc3ccc(OCc4ccc(Br)cc4)c(OC)c3)c(=O)n2C1c1ccccc1OC. The number of rotatable bonds is 9. The molecule has 1 unspecified atom stereocenters. The molecule has 8 nitrogen and oxygen atoms in total. The minimum Gasteiger partial charge on any atom is -0.496 e. The number of hydrogen-bond acceptors (Lipinski definition) is 8. The van der Waals surface area contributed by atoms with Crippen molar-refractivity contribution >= 4 is 39.3 Å². The summed E-state index contributed by atoms with van der Waals surface area (Å²) in [6.45, 7) is 4.08. The van der Waals surface area contributed by atoms with Crippen LogP contribution >= 0.6 is 27.3 Å². The molecule has 3 aromatic carbocycles. The van der Waals surface area contributed by atoms with Crippen molar-refractivity contribution in [3.63, 3.8) is 0 Å². The van der Waals surface area contributed by atoms with Crippen molar-refractivity contribution in [2.75, 3.05) is 20.8 Å². The third-order valence-electron chi connectivity index (χ3n) is 6.74. The number of nitrogens with zero attached hydrogens (tertiary/aromatic N) is 2. The highest BCUT2D eigenvalue weighted by atomic mass is 79.9. The minimum absolute atomic E-state index is 0.198. The molecule has 5 rings (SSSR count). The van der Waals surface area contributed by atoms with Crippen LogP contribution in [0.1, 0.15) is 36.6 Å². The molecule has 10 heteroatoms. The van der Waals surface area contributed by atoms with Crippen LogP contribution < -0.4 is 29.1 Å². The van der Waals surface area contributed by atoms with E-state index < -0.39 is 12.0 Å². The van der Waals surface area contributed by atoms with Gasteiger partial charge in [0.05, 0.1) is 36.6 Å². The van der Waals surface area contributed by atoms with Gasteiger partial charge in [0.2, 0.25) is 0 Å². The summed E-state index contributed by atoms with van der Waals surface area (Å²) in [7, 11) is 3.13. The number of carbonyl (C=O) groups is 1. The monoisotopic (exact) mass is 648 g/mol. The Morgan fingerprint density at radius 1 is 1.02 bits per heavy atom. The summed E-state index contributed by atoms with van der Waals surface area (Å²) in [5, 5.41) is 0. The standard InChI is InChI=1S/C32H29BrN2O6S/c1-5-40-31(37)28-19(2)34-32-35(29(28)23-8-6-7-9-24(23)38-3)30(36)27(42-32)17-21-12-15-25(26(16-21)39-4)41-18-20-10-13-22(33)14-11-20/h6-17,29H,5,18H2,1-4H3. The molecule has 0 amide bonds. The van der Waals surface area contributed by atoms with Gasteiger partial charge in [0.25, 0.3) is 5.56 Å². The van der Waals surface area contributed by atoms with Crippen molar-refractivity contribution in [3.05, 3.63) is 119 Å². The van der Waals surface area contributed by atoms with Crippen molar-refractivity contribution in [1.29, 1.82) is 0 Å². The first-order chi connectivity index (χ1) is 20.3. The Morgan fingerprint density at radius 3 is 2.48 bits per heavy atom. The predicted octanol–water partition coefficient (Wildman–Crippen LogP) is 5.16. The molecule has 1 aromatic heterocycles. The number of methoxy groups -OCH3 is 2. The van der Waals surface area contributed by atoms with Gasteiger partial charge in [0, 0.05) is 10.0 Å². The van der Waals surface area contributed by atoms with E-state index in [9.17, 15) is 9.59 Å². The fraction of sp³-hybridized carbons (Fsp3) is 0.219. The van der Waals surface area contributed by atoms with Crippen LogP contribution in [0.4, 0.5) is 0 Å². The maximum atomic E-state index is 13.9. The van der Waals surface area contributed by atoms with E-state index in [2.05, 4.69) is 20.9 Å². The molecule has 1 aliphatic heterocycles. The van der Waals surface area contributed by atoms with Crippen LogP contribution in [-0.2, 0) is 16.1 Å². The van der Waals surface area contributed by atoms with E-state index in [1.165, 1.54) is 11.3 Å². The summed E-state index contributed by atoms with van der Waals surface area (Å²) in [6.07, 6.45) is 1.79. The largest absolute Gasteiger partial charge is 0.496 e. The van der Waals surface area contributed by atoms with Crippen LogP contribution in [0.15, 0.2) is 92.3 Å². The normalized spacial score (nSPS) is 14.7. The first-order valence-corrected chi connectivity index (χ1v) is 14.8. The molecule has 1 aliphatic rings. The highest BCUT2D eigenvalue weighted by Gasteiger charge is 2.34. The molecule has 0 saturated carbocycles. The summed E-state index contributed by atoms with van der Waals surface area (Å²) in [6, 6.07) is 20.0. The molecule has 0 N–H and O–H groups in total. The molecule has 0 bridgehead atoms. The van der Waals surface area contributed by atoms with Crippen molar-refractivity contribution in [1.82, 2.24) is 4.57 Å². The molecule has 0 fully saturated rings. The number of allylic oxidation sites excluding steroid dienone is 1. The van der Waals surface area contributed by atoms with Gasteiger partial charge in [-0.2, -0.15) is 0 Å². The number of halogens is 1. The number of carbonyl (C=O) groups excluding carboxylic acids is 1. The van der Waals surface area contributed by atoms with Crippen molar-refractivity contribution in [2.45, 2.75) is 26.5 Å². The molecule has 0 saturated heterocycles. The van der Waals surface area contributed by atoms with E-state index in [4.69, 9.17) is 18.9 Å². The van der Waals surface area contributed by atoms with Crippen molar-refractivity contribution < 1.29 is 23.7 Å². The van der Waals surface area contributed by atoms with Gasteiger partial charge in [0.15, 0.2) is 16.3 Å². The molecule has 0 aliphatic carbocycles. The van der Waals surface area contributed by atoms with Crippen LogP contribution in [0, 0.1) is 0 Å². The number of hydrogen-bond donors (Lipinski definition) is 0. The Kier molecular flexibility index (Phi) is 8.94. The zero-order valence-corrected chi connectivity index (χ0v) is 26.0. The fourth-order valence-electron chi connectivity index (χ4n) is 4.76. The lowest BCUT2D eigenvalue weighted by Crippen LogP contribution is -2.40. The second-order valence-corrected chi connectivity index (χ2v) is 11.3. The van der Waals surface area contributed by atoms with Gasteiger partial charge in [-0.05, 0) is 61.4 Å². The number of ether oxygens (including phenoxy) is 4. The molecule has 1 atom stereocenters.